The van der Waals surface area contributed by atoms with E-state index in [1.54, 1.807) is 12.5 Å². The van der Waals surface area contributed by atoms with E-state index in [4.69, 9.17) is 0 Å². The third-order valence-electron chi connectivity index (χ3n) is 5.06. The van der Waals surface area contributed by atoms with E-state index in [1.165, 1.54) is 0 Å². The molecule has 0 bridgehead atoms. The van der Waals surface area contributed by atoms with Gasteiger partial charge in [-0.1, -0.05) is 27.7 Å². The van der Waals surface area contributed by atoms with Gasteiger partial charge in [0, 0.05) is 42.3 Å². The van der Waals surface area contributed by atoms with Crippen LogP contribution in [0, 0.1) is 0 Å². The monoisotopic (exact) mass is 362 g/mol. The van der Waals surface area contributed by atoms with Crippen molar-refractivity contribution in [2.75, 3.05) is 0 Å². The molecular weight excluding hydrogens is 336 g/mol. The maximum atomic E-state index is 4.65. The average molecular weight is 362 g/mol. The Labute approximate surface area is 160 Å². The summed E-state index contributed by atoms with van der Waals surface area (Å²) in [5, 5.41) is 0. The zero-order chi connectivity index (χ0) is 19.7. The largest absolute Gasteiger partial charge is 0.245 e. The summed E-state index contributed by atoms with van der Waals surface area (Å²) in [6.07, 6.45) is 10.9. The second kappa shape index (κ2) is 7.10. The van der Waals surface area contributed by atoms with Crippen molar-refractivity contribution < 1.29 is 0 Å². The Kier molecular flexibility index (Phi) is 5.00. The minimum Gasteiger partial charge on any atom is -0.245 e. The zero-order valence-corrected chi connectivity index (χ0v) is 16.8. The Morgan fingerprint density at radius 1 is 0.741 bits per heavy atom. The predicted molar refractivity (Wildman–Crippen MR) is 104 cm³/mol. The first-order chi connectivity index (χ1) is 12.7. The predicted octanol–water partition coefficient (Wildman–Crippen LogP) is 3.83. The van der Waals surface area contributed by atoms with Crippen LogP contribution in [-0.4, -0.2) is 29.9 Å². The summed E-state index contributed by atoms with van der Waals surface area (Å²) in [6.45, 7) is 12.6. The molecule has 3 aromatic rings. The van der Waals surface area contributed by atoms with Crippen molar-refractivity contribution in [1.29, 1.82) is 0 Å². The zero-order valence-electron chi connectivity index (χ0n) is 16.8. The highest BCUT2D eigenvalue weighted by molar-refractivity contribution is 5.33. The highest BCUT2D eigenvalue weighted by Crippen LogP contribution is 2.32. The Bertz CT molecular complexity index is 884. The molecule has 0 aliphatic heterocycles. The minimum atomic E-state index is -0.395. The number of rotatable bonds is 5. The van der Waals surface area contributed by atoms with Crippen LogP contribution < -0.4 is 0 Å². The highest BCUT2D eigenvalue weighted by Gasteiger charge is 2.30. The maximum Gasteiger partial charge on any atom is 0.139 e. The van der Waals surface area contributed by atoms with Gasteiger partial charge in [0.1, 0.15) is 18.0 Å². The molecule has 0 aliphatic carbocycles. The Morgan fingerprint density at radius 2 is 1.30 bits per heavy atom. The van der Waals surface area contributed by atoms with Gasteiger partial charge in [-0.15, -0.1) is 0 Å². The second-order valence-corrected chi connectivity index (χ2v) is 8.12. The molecule has 27 heavy (non-hydrogen) atoms. The fourth-order valence-electron chi connectivity index (χ4n) is 2.87. The average Bonchev–Trinajstić information content (AvgIpc) is 2.69. The Morgan fingerprint density at radius 3 is 1.78 bits per heavy atom. The lowest BCUT2D eigenvalue weighted by atomic mass is 9.80. The molecule has 0 fully saturated rings. The molecule has 0 aliphatic rings. The number of nitrogens with zero attached hydrogens (tertiary/aromatic N) is 6. The normalized spacial score (nSPS) is 12.4. The van der Waals surface area contributed by atoms with Crippen LogP contribution in [0.25, 0.3) is 0 Å². The van der Waals surface area contributed by atoms with Gasteiger partial charge >= 0.3 is 0 Å². The van der Waals surface area contributed by atoms with E-state index in [0.717, 1.165) is 28.5 Å². The van der Waals surface area contributed by atoms with Gasteiger partial charge < -0.3 is 0 Å². The van der Waals surface area contributed by atoms with E-state index >= 15 is 0 Å². The van der Waals surface area contributed by atoms with E-state index < -0.39 is 5.41 Å². The molecule has 0 radical (unpaired) electrons. The van der Waals surface area contributed by atoms with Crippen molar-refractivity contribution in [1.82, 2.24) is 29.9 Å². The first-order valence-electron chi connectivity index (χ1n) is 9.15. The fourth-order valence-corrected chi connectivity index (χ4v) is 2.87. The molecule has 0 amide bonds. The quantitative estimate of drug-likeness (QED) is 0.686. The fraction of sp³-hybridized carbons (Fsp3) is 0.429. The Balaban J connectivity index is 1.90. The summed E-state index contributed by atoms with van der Waals surface area (Å²) in [5.74, 6) is 1.90. The standard InChI is InChI=1S/C21H26N6/c1-14(2)18-23-9-15(10-24-18)20(3,4)16-11-25-19(26-12-16)21(5,6)17-7-8-22-13-27-17/h7-14H,1-6H3. The lowest BCUT2D eigenvalue weighted by Crippen LogP contribution is -2.26. The molecular formula is C21H26N6. The maximum absolute atomic E-state index is 4.65. The molecule has 3 heterocycles. The van der Waals surface area contributed by atoms with Crippen LogP contribution in [0.2, 0.25) is 0 Å². The van der Waals surface area contributed by atoms with E-state index in [2.05, 4.69) is 71.4 Å². The van der Waals surface area contributed by atoms with Gasteiger partial charge in [0.25, 0.3) is 0 Å². The van der Waals surface area contributed by atoms with Gasteiger partial charge in [-0.25, -0.2) is 29.9 Å². The molecule has 0 saturated carbocycles. The van der Waals surface area contributed by atoms with Crippen molar-refractivity contribution in [3.8, 4) is 0 Å². The van der Waals surface area contributed by atoms with Gasteiger partial charge in [-0.3, -0.25) is 0 Å². The third-order valence-corrected chi connectivity index (χ3v) is 5.06. The summed E-state index contributed by atoms with van der Waals surface area (Å²) in [6, 6.07) is 1.90. The molecule has 6 heteroatoms. The van der Waals surface area contributed by atoms with Crippen molar-refractivity contribution in [3.63, 3.8) is 0 Å². The molecule has 3 rings (SSSR count). The van der Waals surface area contributed by atoms with Gasteiger partial charge in [0.15, 0.2) is 0 Å². The lowest BCUT2D eigenvalue weighted by molar-refractivity contribution is 0.558. The van der Waals surface area contributed by atoms with Crippen LogP contribution in [0.3, 0.4) is 0 Å². The van der Waals surface area contributed by atoms with Crippen LogP contribution in [0.5, 0.6) is 0 Å². The van der Waals surface area contributed by atoms with E-state index in [1.807, 2.05) is 30.9 Å². The molecule has 0 aromatic carbocycles. The van der Waals surface area contributed by atoms with Crippen LogP contribution in [-0.2, 0) is 10.8 Å². The molecule has 0 unspecified atom stereocenters. The van der Waals surface area contributed by atoms with Crippen LogP contribution in [0.1, 0.15) is 75.9 Å². The first kappa shape index (κ1) is 19.0. The smallest absolute Gasteiger partial charge is 0.139 e. The van der Waals surface area contributed by atoms with E-state index in [9.17, 15) is 0 Å². The van der Waals surface area contributed by atoms with Crippen LogP contribution in [0.15, 0.2) is 43.4 Å². The summed E-state index contributed by atoms with van der Waals surface area (Å²) >= 11 is 0. The summed E-state index contributed by atoms with van der Waals surface area (Å²) in [4.78, 5) is 26.7. The van der Waals surface area contributed by atoms with E-state index in [0.29, 0.717) is 5.92 Å². The second-order valence-electron chi connectivity index (χ2n) is 8.12. The number of hydrogen-bond donors (Lipinski definition) is 0. The third kappa shape index (κ3) is 3.70. The molecule has 3 aromatic heterocycles. The highest BCUT2D eigenvalue weighted by atomic mass is 14.9. The Hall–Kier alpha value is -2.76. The van der Waals surface area contributed by atoms with Crippen molar-refractivity contribution in [3.05, 3.63) is 71.8 Å². The lowest BCUT2D eigenvalue weighted by Gasteiger charge is -2.26. The van der Waals surface area contributed by atoms with Crippen molar-refractivity contribution in [2.45, 2.75) is 58.3 Å². The molecule has 0 spiro atoms. The molecule has 6 nitrogen and oxygen atoms in total. The summed E-state index contributed by atoms with van der Waals surface area (Å²) < 4.78 is 0. The van der Waals surface area contributed by atoms with Crippen molar-refractivity contribution in [2.24, 2.45) is 0 Å². The topological polar surface area (TPSA) is 77.3 Å². The minimum absolute atomic E-state index is 0.285. The van der Waals surface area contributed by atoms with Gasteiger partial charge in [0.05, 0.1) is 11.1 Å². The summed E-state index contributed by atoms with van der Waals surface area (Å²) in [5.41, 5.74) is 2.27. The molecule has 0 atom stereocenters. The number of hydrogen-bond acceptors (Lipinski definition) is 6. The van der Waals surface area contributed by atoms with Crippen LogP contribution in [0.4, 0.5) is 0 Å². The number of aromatic nitrogens is 6. The van der Waals surface area contributed by atoms with Crippen molar-refractivity contribution >= 4 is 0 Å². The van der Waals surface area contributed by atoms with Gasteiger partial charge in [-0.2, -0.15) is 0 Å². The summed E-state index contributed by atoms with van der Waals surface area (Å²) in [7, 11) is 0. The van der Waals surface area contributed by atoms with E-state index in [-0.39, 0.29) is 5.41 Å². The SMILES string of the molecule is CC(C)c1ncc(C(C)(C)c2cnc(C(C)(C)c3ccncn3)nc2)cn1. The van der Waals surface area contributed by atoms with Crippen LogP contribution >= 0.6 is 0 Å². The molecule has 140 valence electrons. The molecule has 0 N–H and O–H groups in total. The molecule has 0 saturated heterocycles. The van der Waals surface area contributed by atoms with Gasteiger partial charge in [0.2, 0.25) is 0 Å². The van der Waals surface area contributed by atoms with Gasteiger partial charge in [-0.05, 0) is 31.0 Å². The first-order valence-corrected chi connectivity index (χ1v) is 9.15.